The highest BCUT2D eigenvalue weighted by molar-refractivity contribution is 5.91. The van der Waals surface area contributed by atoms with Gasteiger partial charge in [0.1, 0.15) is 5.39 Å². The maximum atomic E-state index is 12.9. The predicted molar refractivity (Wildman–Crippen MR) is 103 cm³/mol. The third kappa shape index (κ3) is 3.24. The van der Waals surface area contributed by atoms with E-state index in [1.807, 2.05) is 6.92 Å². The molecule has 3 heterocycles. The van der Waals surface area contributed by atoms with Gasteiger partial charge < -0.3 is 9.64 Å². The summed E-state index contributed by atoms with van der Waals surface area (Å²) in [6.45, 7) is 5.40. The van der Waals surface area contributed by atoms with Gasteiger partial charge in [0.2, 0.25) is 0 Å². The third-order valence-corrected chi connectivity index (χ3v) is 5.26. The number of anilines is 1. The summed E-state index contributed by atoms with van der Waals surface area (Å²) < 4.78 is 7.70. The van der Waals surface area contributed by atoms with E-state index in [9.17, 15) is 14.4 Å². The first-order chi connectivity index (χ1) is 12.9. The van der Waals surface area contributed by atoms with Gasteiger partial charge in [-0.3, -0.25) is 18.7 Å². The molecule has 0 amide bonds. The SMILES string of the molecule is CCOC(=O)[C@@H]1CCCN(c2c(CC)cnc3c2c(=O)n(C)c(=O)n3C)C1. The first kappa shape index (κ1) is 19.1. The summed E-state index contributed by atoms with van der Waals surface area (Å²) >= 11 is 0. The van der Waals surface area contributed by atoms with E-state index >= 15 is 0 Å². The zero-order valence-corrected chi connectivity index (χ0v) is 16.3. The molecular formula is C19H26N4O4. The molecule has 1 atom stereocenters. The van der Waals surface area contributed by atoms with Crippen molar-refractivity contribution in [2.24, 2.45) is 20.0 Å². The number of hydrogen-bond donors (Lipinski definition) is 0. The lowest BCUT2D eigenvalue weighted by Crippen LogP contribution is -2.42. The van der Waals surface area contributed by atoms with E-state index in [0.29, 0.717) is 30.6 Å². The molecule has 0 saturated carbocycles. The predicted octanol–water partition coefficient (Wildman–Crippen LogP) is 0.974. The smallest absolute Gasteiger partial charge is 0.332 e. The normalized spacial score (nSPS) is 17.3. The van der Waals surface area contributed by atoms with Crippen molar-refractivity contribution in [1.29, 1.82) is 0 Å². The number of ether oxygens (including phenoxy) is 1. The van der Waals surface area contributed by atoms with E-state index in [1.54, 1.807) is 20.2 Å². The molecule has 0 unspecified atom stereocenters. The number of esters is 1. The number of pyridine rings is 1. The van der Waals surface area contributed by atoms with E-state index in [4.69, 9.17) is 4.74 Å². The fourth-order valence-corrected chi connectivity index (χ4v) is 3.81. The van der Waals surface area contributed by atoms with Gasteiger partial charge in [-0.1, -0.05) is 6.92 Å². The number of hydrogen-bond acceptors (Lipinski definition) is 6. The molecule has 1 aliphatic rings. The number of fused-ring (bicyclic) bond motifs is 1. The van der Waals surface area contributed by atoms with Crippen molar-refractivity contribution in [2.45, 2.75) is 33.1 Å². The average Bonchev–Trinajstić information content (AvgIpc) is 2.69. The van der Waals surface area contributed by atoms with E-state index in [2.05, 4.69) is 9.88 Å². The molecule has 8 nitrogen and oxygen atoms in total. The van der Waals surface area contributed by atoms with Crippen molar-refractivity contribution in [3.63, 3.8) is 0 Å². The molecule has 1 fully saturated rings. The van der Waals surface area contributed by atoms with Crippen LogP contribution in [0.15, 0.2) is 15.8 Å². The highest BCUT2D eigenvalue weighted by atomic mass is 16.5. The highest BCUT2D eigenvalue weighted by Gasteiger charge is 2.30. The Bertz CT molecular complexity index is 992. The fourth-order valence-electron chi connectivity index (χ4n) is 3.81. The lowest BCUT2D eigenvalue weighted by molar-refractivity contribution is -0.148. The molecule has 2 aromatic rings. The number of nitrogens with zero attached hydrogens (tertiary/aromatic N) is 4. The van der Waals surface area contributed by atoms with Crippen molar-refractivity contribution in [1.82, 2.24) is 14.1 Å². The summed E-state index contributed by atoms with van der Waals surface area (Å²) in [6, 6.07) is 0. The van der Waals surface area contributed by atoms with Gasteiger partial charge in [-0.25, -0.2) is 9.78 Å². The van der Waals surface area contributed by atoms with Gasteiger partial charge in [-0.05, 0) is 31.7 Å². The number of rotatable bonds is 4. The van der Waals surface area contributed by atoms with Crippen LogP contribution in [0.1, 0.15) is 32.3 Å². The molecule has 0 aliphatic carbocycles. The zero-order chi connectivity index (χ0) is 19.7. The lowest BCUT2D eigenvalue weighted by atomic mass is 9.96. The van der Waals surface area contributed by atoms with Crippen LogP contribution in [0.4, 0.5) is 5.69 Å². The summed E-state index contributed by atoms with van der Waals surface area (Å²) in [7, 11) is 3.09. The maximum Gasteiger partial charge on any atom is 0.332 e. The minimum Gasteiger partial charge on any atom is -0.466 e. The molecular weight excluding hydrogens is 348 g/mol. The van der Waals surface area contributed by atoms with Crippen LogP contribution in [0.25, 0.3) is 11.0 Å². The largest absolute Gasteiger partial charge is 0.466 e. The fraction of sp³-hybridized carbons (Fsp3) is 0.579. The minimum absolute atomic E-state index is 0.195. The Balaban J connectivity index is 2.19. The van der Waals surface area contributed by atoms with Crippen molar-refractivity contribution >= 4 is 22.7 Å². The quantitative estimate of drug-likeness (QED) is 0.742. The van der Waals surface area contributed by atoms with E-state index < -0.39 is 5.69 Å². The first-order valence-electron chi connectivity index (χ1n) is 9.39. The number of carbonyl (C=O) groups excluding carboxylic acids is 1. The molecule has 1 saturated heterocycles. The Labute approximate surface area is 157 Å². The summed E-state index contributed by atoms with van der Waals surface area (Å²) in [4.78, 5) is 43.9. The number of piperidine rings is 1. The second kappa shape index (κ2) is 7.54. The van der Waals surface area contributed by atoms with Gasteiger partial charge in [0, 0.05) is 33.4 Å². The van der Waals surface area contributed by atoms with Crippen LogP contribution < -0.4 is 16.1 Å². The number of carbonyl (C=O) groups is 1. The van der Waals surface area contributed by atoms with Crippen LogP contribution in [0.3, 0.4) is 0 Å². The Morgan fingerprint density at radius 2 is 2.00 bits per heavy atom. The van der Waals surface area contributed by atoms with Crippen LogP contribution in [0, 0.1) is 5.92 Å². The molecule has 27 heavy (non-hydrogen) atoms. The van der Waals surface area contributed by atoms with Crippen molar-refractivity contribution in [2.75, 3.05) is 24.6 Å². The summed E-state index contributed by atoms with van der Waals surface area (Å²) in [5.41, 5.74) is 1.33. The van der Waals surface area contributed by atoms with Crippen LogP contribution in [0.2, 0.25) is 0 Å². The Morgan fingerprint density at radius 3 is 2.67 bits per heavy atom. The van der Waals surface area contributed by atoms with Gasteiger partial charge in [0.05, 0.1) is 18.2 Å². The molecule has 0 aromatic carbocycles. The van der Waals surface area contributed by atoms with Crippen molar-refractivity contribution in [3.05, 3.63) is 32.6 Å². The van der Waals surface area contributed by atoms with Gasteiger partial charge in [0.15, 0.2) is 5.65 Å². The lowest BCUT2D eigenvalue weighted by Gasteiger charge is -2.35. The van der Waals surface area contributed by atoms with Crippen molar-refractivity contribution in [3.8, 4) is 0 Å². The summed E-state index contributed by atoms with van der Waals surface area (Å²) in [5, 5.41) is 0.434. The minimum atomic E-state index is -0.404. The van der Waals surface area contributed by atoms with E-state index in [-0.39, 0.29) is 17.4 Å². The Morgan fingerprint density at radius 1 is 1.26 bits per heavy atom. The van der Waals surface area contributed by atoms with Crippen molar-refractivity contribution < 1.29 is 9.53 Å². The highest BCUT2D eigenvalue weighted by Crippen LogP contribution is 2.31. The monoisotopic (exact) mass is 374 g/mol. The topological polar surface area (TPSA) is 86.4 Å². The van der Waals surface area contributed by atoms with Crippen LogP contribution >= 0.6 is 0 Å². The van der Waals surface area contributed by atoms with E-state index in [0.717, 1.165) is 35.2 Å². The molecule has 3 rings (SSSR count). The molecule has 0 bridgehead atoms. The Kier molecular flexibility index (Phi) is 5.34. The maximum absolute atomic E-state index is 12.9. The Hall–Kier alpha value is -2.64. The second-order valence-corrected chi connectivity index (χ2v) is 6.93. The second-order valence-electron chi connectivity index (χ2n) is 6.93. The average molecular weight is 374 g/mol. The van der Waals surface area contributed by atoms with Gasteiger partial charge >= 0.3 is 11.7 Å². The van der Waals surface area contributed by atoms with Crippen LogP contribution in [-0.4, -0.2) is 39.8 Å². The molecule has 8 heteroatoms. The molecule has 146 valence electrons. The van der Waals surface area contributed by atoms with Crippen LogP contribution in [-0.2, 0) is 30.0 Å². The van der Waals surface area contributed by atoms with Gasteiger partial charge in [-0.2, -0.15) is 0 Å². The molecule has 0 N–H and O–H groups in total. The first-order valence-corrected chi connectivity index (χ1v) is 9.39. The molecule has 2 aromatic heterocycles. The summed E-state index contributed by atoms with van der Waals surface area (Å²) in [5.74, 6) is -0.415. The van der Waals surface area contributed by atoms with Gasteiger partial charge in [0.25, 0.3) is 5.56 Å². The summed E-state index contributed by atoms with van der Waals surface area (Å²) in [6.07, 6.45) is 4.04. The zero-order valence-electron chi connectivity index (χ0n) is 16.3. The molecule has 0 spiro atoms. The van der Waals surface area contributed by atoms with Gasteiger partial charge in [-0.15, -0.1) is 0 Å². The number of aromatic nitrogens is 3. The molecule has 1 aliphatic heterocycles. The van der Waals surface area contributed by atoms with E-state index in [1.165, 1.54) is 11.6 Å². The number of aryl methyl sites for hydroxylation is 2. The van der Waals surface area contributed by atoms with Crippen LogP contribution in [0.5, 0.6) is 0 Å². The standard InChI is InChI=1S/C19H26N4O4/c1-5-12-10-20-16-14(17(24)22(4)19(26)21(16)3)15(12)23-9-7-8-13(11-23)18(25)27-6-2/h10,13H,5-9,11H2,1-4H3/t13-/m1/s1. The third-order valence-electron chi connectivity index (χ3n) is 5.26. The molecule has 0 radical (unpaired) electrons.